The molecule has 0 spiro atoms. The molecule has 0 radical (unpaired) electrons. The van der Waals surface area contributed by atoms with Gasteiger partial charge in [0.2, 0.25) is 0 Å². The number of carbonyl (C=O) groups is 1. The zero-order valence-corrected chi connectivity index (χ0v) is 10.2. The topological polar surface area (TPSA) is 127 Å². The Labute approximate surface area is 107 Å². The second-order valence-corrected chi connectivity index (χ2v) is 3.92. The lowest BCUT2D eigenvalue weighted by Crippen LogP contribution is -2.26. The molecule has 1 N–H and O–H groups in total. The molecular weight excluding hydrogens is 258 g/mol. The van der Waals surface area contributed by atoms with E-state index in [1.54, 1.807) is 0 Å². The molecule has 1 rings (SSSR count). The van der Waals surface area contributed by atoms with Crippen LogP contribution in [0, 0.1) is 27.2 Å². The predicted molar refractivity (Wildman–Crippen MR) is 65.4 cm³/mol. The molecule has 0 fully saturated rings. The van der Waals surface area contributed by atoms with E-state index in [1.807, 2.05) is 0 Å². The van der Waals surface area contributed by atoms with E-state index < -0.39 is 33.7 Å². The molecule has 0 saturated heterocycles. The number of nitro benzene ring substituents is 2. The van der Waals surface area contributed by atoms with Crippen LogP contribution in [-0.4, -0.2) is 34.5 Å². The molecule has 0 bridgehead atoms. The van der Waals surface area contributed by atoms with Gasteiger partial charge in [0, 0.05) is 19.2 Å². The van der Waals surface area contributed by atoms with E-state index in [1.165, 1.54) is 26.1 Å². The normalized spacial score (nSPS) is 10.0. The van der Waals surface area contributed by atoms with Gasteiger partial charge in [0.05, 0.1) is 9.85 Å². The lowest BCUT2D eigenvalue weighted by molar-refractivity contribution is -0.392. The number of rotatable bonds is 5. The van der Waals surface area contributed by atoms with E-state index >= 15 is 0 Å². The van der Waals surface area contributed by atoms with Gasteiger partial charge in [0.15, 0.2) is 5.69 Å². The van der Waals surface area contributed by atoms with Crippen LogP contribution in [0.1, 0.15) is 5.56 Å². The number of hydrogen-bond donors (Lipinski definition) is 1. The Morgan fingerprint density at radius 3 is 2.00 bits per heavy atom. The monoisotopic (exact) mass is 269 g/mol. The quantitative estimate of drug-likeness (QED) is 0.630. The van der Waals surface area contributed by atoms with Gasteiger partial charge in [0.25, 0.3) is 11.4 Å². The summed E-state index contributed by atoms with van der Waals surface area (Å²) in [5.74, 6) is -1.24. The number of aryl methyl sites for hydroxylation is 1. The fourth-order valence-electron chi connectivity index (χ4n) is 1.69. The summed E-state index contributed by atoms with van der Waals surface area (Å²) in [5, 5.41) is 30.6. The Kier molecular flexibility index (Phi) is 4.00. The highest BCUT2D eigenvalue weighted by Crippen LogP contribution is 2.37. The molecule has 9 heteroatoms. The van der Waals surface area contributed by atoms with Crippen molar-refractivity contribution in [3.63, 3.8) is 0 Å². The molecule has 0 amide bonds. The Morgan fingerprint density at radius 2 is 1.68 bits per heavy atom. The van der Waals surface area contributed by atoms with Crippen molar-refractivity contribution in [2.45, 2.75) is 6.92 Å². The van der Waals surface area contributed by atoms with Crippen LogP contribution in [0.15, 0.2) is 12.1 Å². The summed E-state index contributed by atoms with van der Waals surface area (Å²) in [5.41, 5.74) is -0.945. The molecule has 0 unspecified atom stereocenters. The number of aliphatic carboxylic acids is 1. The summed E-state index contributed by atoms with van der Waals surface area (Å²) < 4.78 is 0. The van der Waals surface area contributed by atoms with Gasteiger partial charge in [-0.05, 0) is 12.5 Å². The number of hydrogen-bond acceptors (Lipinski definition) is 6. The van der Waals surface area contributed by atoms with Gasteiger partial charge >= 0.3 is 5.97 Å². The average Bonchev–Trinajstić information content (AvgIpc) is 2.26. The lowest BCUT2D eigenvalue weighted by Gasteiger charge is -2.16. The fourth-order valence-corrected chi connectivity index (χ4v) is 1.69. The van der Waals surface area contributed by atoms with E-state index in [4.69, 9.17) is 5.11 Å². The minimum Gasteiger partial charge on any atom is -0.480 e. The lowest BCUT2D eigenvalue weighted by atomic mass is 10.1. The van der Waals surface area contributed by atoms with Crippen LogP contribution in [0.2, 0.25) is 0 Å². The second-order valence-electron chi connectivity index (χ2n) is 3.92. The van der Waals surface area contributed by atoms with Gasteiger partial charge in [-0.3, -0.25) is 25.0 Å². The summed E-state index contributed by atoms with van der Waals surface area (Å²) in [6, 6.07) is 2.33. The summed E-state index contributed by atoms with van der Waals surface area (Å²) >= 11 is 0. The van der Waals surface area contributed by atoms with Gasteiger partial charge in [-0.15, -0.1) is 0 Å². The number of nitrogens with zero attached hydrogens (tertiary/aromatic N) is 3. The number of carboxylic acids is 1. The highest BCUT2D eigenvalue weighted by atomic mass is 16.6. The molecule has 0 aromatic heterocycles. The fraction of sp³-hybridized carbons (Fsp3) is 0.300. The molecule has 0 aliphatic carbocycles. The third kappa shape index (κ3) is 3.15. The van der Waals surface area contributed by atoms with Gasteiger partial charge < -0.3 is 10.0 Å². The molecule has 19 heavy (non-hydrogen) atoms. The first-order valence-corrected chi connectivity index (χ1v) is 5.10. The molecule has 1 aromatic carbocycles. The minimum absolute atomic E-state index is 0.317. The van der Waals surface area contributed by atoms with Crippen LogP contribution < -0.4 is 4.90 Å². The zero-order valence-electron chi connectivity index (χ0n) is 10.2. The first-order chi connectivity index (χ1) is 8.73. The van der Waals surface area contributed by atoms with E-state index in [9.17, 15) is 25.0 Å². The zero-order chi connectivity index (χ0) is 14.7. The largest absolute Gasteiger partial charge is 0.480 e. The van der Waals surface area contributed by atoms with Gasteiger partial charge in [-0.2, -0.15) is 0 Å². The summed E-state index contributed by atoms with van der Waals surface area (Å²) in [6.07, 6.45) is 0. The molecule has 0 saturated carbocycles. The molecule has 9 nitrogen and oxygen atoms in total. The third-order valence-electron chi connectivity index (χ3n) is 2.36. The van der Waals surface area contributed by atoms with Crippen LogP contribution in [0.3, 0.4) is 0 Å². The van der Waals surface area contributed by atoms with Crippen molar-refractivity contribution in [3.05, 3.63) is 37.9 Å². The van der Waals surface area contributed by atoms with Crippen molar-refractivity contribution in [2.75, 3.05) is 18.5 Å². The van der Waals surface area contributed by atoms with Crippen LogP contribution in [0.5, 0.6) is 0 Å². The maximum Gasteiger partial charge on any atom is 0.323 e. The highest BCUT2D eigenvalue weighted by molar-refractivity contribution is 5.81. The molecule has 0 heterocycles. The van der Waals surface area contributed by atoms with Crippen molar-refractivity contribution in [3.8, 4) is 0 Å². The van der Waals surface area contributed by atoms with Crippen molar-refractivity contribution in [1.29, 1.82) is 0 Å². The minimum atomic E-state index is -1.24. The van der Waals surface area contributed by atoms with Crippen LogP contribution in [-0.2, 0) is 4.79 Å². The maximum atomic E-state index is 10.9. The Bertz CT molecular complexity index is 521. The first-order valence-electron chi connectivity index (χ1n) is 5.10. The van der Waals surface area contributed by atoms with Crippen molar-refractivity contribution < 1.29 is 19.7 Å². The number of likely N-dealkylation sites (N-methyl/N-ethyl adjacent to an activating group) is 1. The Balaban J connectivity index is 3.51. The van der Waals surface area contributed by atoms with E-state index in [0.717, 1.165) is 4.90 Å². The van der Waals surface area contributed by atoms with Gasteiger partial charge in [-0.1, -0.05) is 0 Å². The molecular formula is C10H11N3O6. The third-order valence-corrected chi connectivity index (χ3v) is 2.36. The van der Waals surface area contributed by atoms with E-state index in [2.05, 4.69) is 0 Å². The van der Waals surface area contributed by atoms with Crippen LogP contribution >= 0.6 is 0 Å². The first kappa shape index (κ1) is 14.4. The maximum absolute atomic E-state index is 10.9. The SMILES string of the molecule is Cc1cc([N+](=O)[O-])c(N(C)CC(=O)O)c([N+](=O)[O-])c1. The van der Waals surface area contributed by atoms with Crippen LogP contribution in [0.25, 0.3) is 0 Å². The number of benzene rings is 1. The smallest absolute Gasteiger partial charge is 0.323 e. The van der Waals surface area contributed by atoms with E-state index in [-0.39, 0.29) is 5.69 Å². The molecule has 0 aliphatic rings. The molecule has 0 atom stereocenters. The number of nitro groups is 2. The average molecular weight is 269 g/mol. The van der Waals surface area contributed by atoms with Crippen molar-refractivity contribution in [2.24, 2.45) is 0 Å². The predicted octanol–water partition coefficient (Wildman–Crippen LogP) is 1.33. The summed E-state index contributed by atoms with van der Waals surface area (Å²) in [4.78, 5) is 32.0. The Hall–Kier alpha value is -2.71. The summed E-state index contributed by atoms with van der Waals surface area (Å²) in [6.45, 7) is 0.908. The molecule has 0 aliphatic heterocycles. The van der Waals surface area contributed by atoms with Gasteiger partial charge in [0.1, 0.15) is 6.54 Å². The van der Waals surface area contributed by atoms with Crippen molar-refractivity contribution in [1.82, 2.24) is 0 Å². The number of anilines is 1. The standard InChI is InChI=1S/C10H11N3O6/c1-6-3-7(12(16)17)10(8(4-6)13(18)19)11(2)5-9(14)15/h3-4H,5H2,1-2H3,(H,14,15). The van der Waals surface area contributed by atoms with E-state index in [0.29, 0.717) is 5.56 Å². The highest BCUT2D eigenvalue weighted by Gasteiger charge is 2.29. The Morgan fingerprint density at radius 1 is 1.26 bits per heavy atom. The molecule has 1 aromatic rings. The van der Waals surface area contributed by atoms with Crippen molar-refractivity contribution >= 4 is 23.0 Å². The second kappa shape index (κ2) is 5.29. The molecule has 102 valence electrons. The van der Waals surface area contributed by atoms with Crippen LogP contribution in [0.4, 0.5) is 17.1 Å². The number of carboxylic acid groups (broad SMARTS) is 1. The van der Waals surface area contributed by atoms with Gasteiger partial charge in [-0.25, -0.2) is 0 Å². The summed E-state index contributed by atoms with van der Waals surface area (Å²) in [7, 11) is 1.25.